The zero-order valence-corrected chi connectivity index (χ0v) is 10.8. The van der Waals surface area contributed by atoms with Crippen molar-refractivity contribution in [2.75, 3.05) is 0 Å². The van der Waals surface area contributed by atoms with Gasteiger partial charge in [0.25, 0.3) is 0 Å². The first-order valence-electron chi connectivity index (χ1n) is 5.63. The van der Waals surface area contributed by atoms with Crippen molar-refractivity contribution in [1.29, 1.82) is 0 Å². The molecule has 0 saturated heterocycles. The molecule has 2 rings (SSSR count). The van der Waals surface area contributed by atoms with Crippen LogP contribution in [0.2, 0.25) is 5.02 Å². The van der Waals surface area contributed by atoms with Crippen LogP contribution in [0.4, 0.5) is 4.39 Å². The number of hydrogen-bond acceptors (Lipinski definition) is 2. The standard InChI is InChI=1S/C14H14ClFN2/c1-14(17,11-4-2-3-5-13(11)16)8-10-6-7-18-9-12(10)15/h2-7,9H,8,17H2,1H3. The number of pyridine rings is 1. The Labute approximate surface area is 111 Å². The molecule has 0 aliphatic rings. The van der Waals surface area contributed by atoms with Gasteiger partial charge in [0.2, 0.25) is 0 Å². The summed E-state index contributed by atoms with van der Waals surface area (Å²) in [4.78, 5) is 3.92. The third-order valence-electron chi connectivity index (χ3n) is 2.90. The van der Waals surface area contributed by atoms with E-state index in [4.69, 9.17) is 17.3 Å². The molecule has 0 amide bonds. The number of halogens is 2. The van der Waals surface area contributed by atoms with Crippen LogP contribution in [0.15, 0.2) is 42.7 Å². The van der Waals surface area contributed by atoms with Gasteiger partial charge < -0.3 is 5.73 Å². The Hall–Kier alpha value is -1.45. The Morgan fingerprint density at radius 1 is 1.33 bits per heavy atom. The van der Waals surface area contributed by atoms with Crippen LogP contribution in [0.1, 0.15) is 18.1 Å². The van der Waals surface area contributed by atoms with Crippen molar-refractivity contribution in [1.82, 2.24) is 4.98 Å². The molecule has 18 heavy (non-hydrogen) atoms. The lowest BCUT2D eigenvalue weighted by atomic mass is 9.86. The summed E-state index contributed by atoms with van der Waals surface area (Å²) in [6.07, 6.45) is 3.67. The van der Waals surface area contributed by atoms with E-state index in [-0.39, 0.29) is 5.82 Å². The Morgan fingerprint density at radius 3 is 2.72 bits per heavy atom. The maximum absolute atomic E-state index is 13.8. The third-order valence-corrected chi connectivity index (χ3v) is 3.24. The van der Waals surface area contributed by atoms with E-state index in [2.05, 4.69) is 4.98 Å². The second kappa shape index (κ2) is 5.04. The fourth-order valence-electron chi connectivity index (χ4n) is 1.96. The van der Waals surface area contributed by atoms with Gasteiger partial charge in [0.05, 0.1) is 5.02 Å². The van der Waals surface area contributed by atoms with Crippen LogP contribution >= 0.6 is 11.6 Å². The normalized spacial score (nSPS) is 14.2. The minimum Gasteiger partial charge on any atom is -0.321 e. The van der Waals surface area contributed by atoms with E-state index in [1.54, 1.807) is 43.6 Å². The van der Waals surface area contributed by atoms with E-state index in [9.17, 15) is 4.39 Å². The summed E-state index contributed by atoms with van der Waals surface area (Å²) in [7, 11) is 0. The van der Waals surface area contributed by atoms with E-state index in [1.165, 1.54) is 6.07 Å². The predicted octanol–water partition coefficient (Wildman–Crippen LogP) is 3.29. The van der Waals surface area contributed by atoms with Crippen molar-refractivity contribution in [3.8, 4) is 0 Å². The highest BCUT2D eigenvalue weighted by molar-refractivity contribution is 6.31. The molecule has 0 radical (unpaired) electrons. The first-order valence-corrected chi connectivity index (χ1v) is 6.01. The number of benzene rings is 1. The summed E-state index contributed by atoms with van der Waals surface area (Å²) in [5, 5.41) is 0.547. The predicted molar refractivity (Wildman–Crippen MR) is 70.9 cm³/mol. The number of hydrogen-bond donors (Lipinski definition) is 1. The van der Waals surface area contributed by atoms with Gasteiger partial charge in [0.1, 0.15) is 5.82 Å². The van der Waals surface area contributed by atoms with E-state index >= 15 is 0 Å². The van der Waals surface area contributed by atoms with Crippen molar-refractivity contribution in [3.63, 3.8) is 0 Å². The van der Waals surface area contributed by atoms with Gasteiger partial charge in [-0.15, -0.1) is 0 Å². The summed E-state index contributed by atoms with van der Waals surface area (Å²) >= 11 is 6.05. The van der Waals surface area contributed by atoms with Crippen LogP contribution < -0.4 is 5.73 Å². The highest BCUT2D eigenvalue weighted by Gasteiger charge is 2.25. The smallest absolute Gasteiger partial charge is 0.128 e. The molecule has 0 aliphatic carbocycles. The topological polar surface area (TPSA) is 38.9 Å². The van der Waals surface area contributed by atoms with E-state index in [1.807, 2.05) is 0 Å². The quantitative estimate of drug-likeness (QED) is 0.924. The molecule has 2 nitrogen and oxygen atoms in total. The first-order chi connectivity index (χ1) is 8.50. The molecule has 4 heteroatoms. The number of rotatable bonds is 3. The summed E-state index contributed by atoms with van der Waals surface area (Å²) in [5.74, 6) is -0.298. The van der Waals surface area contributed by atoms with E-state index in [0.29, 0.717) is 17.0 Å². The minimum absolute atomic E-state index is 0.298. The minimum atomic E-state index is -0.809. The lowest BCUT2D eigenvalue weighted by Crippen LogP contribution is -2.36. The first kappa shape index (κ1) is 13.0. The lowest BCUT2D eigenvalue weighted by Gasteiger charge is -2.26. The molecular weight excluding hydrogens is 251 g/mol. The molecule has 0 aliphatic heterocycles. The van der Waals surface area contributed by atoms with Gasteiger partial charge in [0, 0.05) is 23.5 Å². The second-order valence-electron chi connectivity index (χ2n) is 4.54. The summed E-state index contributed by atoms with van der Waals surface area (Å²) in [6.45, 7) is 1.79. The van der Waals surface area contributed by atoms with Crippen molar-refractivity contribution in [3.05, 3.63) is 64.7 Å². The molecule has 0 fully saturated rings. The number of nitrogens with two attached hydrogens (primary N) is 1. The van der Waals surface area contributed by atoms with Crippen molar-refractivity contribution in [2.24, 2.45) is 5.73 Å². The highest BCUT2D eigenvalue weighted by Crippen LogP contribution is 2.27. The molecule has 94 valence electrons. The molecular formula is C14H14ClFN2. The Kier molecular flexibility index (Phi) is 3.64. The Balaban J connectivity index is 2.33. The van der Waals surface area contributed by atoms with Crippen LogP contribution in [-0.2, 0) is 12.0 Å². The SMILES string of the molecule is CC(N)(Cc1ccncc1Cl)c1ccccc1F. The molecule has 0 saturated carbocycles. The average Bonchev–Trinajstić information content (AvgIpc) is 2.32. The highest BCUT2D eigenvalue weighted by atomic mass is 35.5. The molecule has 1 unspecified atom stereocenters. The van der Waals surface area contributed by atoms with Crippen LogP contribution in [0.5, 0.6) is 0 Å². The van der Waals surface area contributed by atoms with Gasteiger partial charge in [0.15, 0.2) is 0 Å². The largest absolute Gasteiger partial charge is 0.321 e. The molecule has 0 spiro atoms. The zero-order valence-electron chi connectivity index (χ0n) is 10.0. The van der Waals surface area contributed by atoms with Gasteiger partial charge in [-0.2, -0.15) is 0 Å². The fraction of sp³-hybridized carbons (Fsp3) is 0.214. The monoisotopic (exact) mass is 264 g/mol. The van der Waals surface area contributed by atoms with Crippen LogP contribution in [-0.4, -0.2) is 4.98 Å². The summed E-state index contributed by atoms with van der Waals surface area (Å²) in [5.41, 5.74) is 6.76. The second-order valence-corrected chi connectivity index (χ2v) is 4.95. The van der Waals surface area contributed by atoms with Crippen molar-refractivity contribution >= 4 is 11.6 Å². The molecule has 1 aromatic carbocycles. The maximum Gasteiger partial charge on any atom is 0.128 e. The average molecular weight is 265 g/mol. The maximum atomic E-state index is 13.8. The molecule has 1 heterocycles. The molecule has 1 atom stereocenters. The zero-order chi connectivity index (χ0) is 13.2. The summed E-state index contributed by atoms with van der Waals surface area (Å²) in [6, 6.07) is 8.33. The van der Waals surface area contributed by atoms with E-state index in [0.717, 1.165) is 5.56 Å². The van der Waals surface area contributed by atoms with Gasteiger partial charge in [-0.05, 0) is 31.0 Å². The van der Waals surface area contributed by atoms with Gasteiger partial charge >= 0.3 is 0 Å². The number of aromatic nitrogens is 1. The van der Waals surface area contributed by atoms with Crippen LogP contribution in [0, 0.1) is 5.82 Å². The Morgan fingerprint density at radius 2 is 2.06 bits per heavy atom. The fourth-order valence-corrected chi connectivity index (χ4v) is 2.15. The third kappa shape index (κ3) is 2.68. The Bertz CT molecular complexity index is 555. The van der Waals surface area contributed by atoms with Crippen LogP contribution in [0.25, 0.3) is 0 Å². The van der Waals surface area contributed by atoms with Crippen LogP contribution in [0.3, 0.4) is 0 Å². The van der Waals surface area contributed by atoms with Gasteiger partial charge in [-0.3, -0.25) is 4.98 Å². The molecule has 2 N–H and O–H groups in total. The lowest BCUT2D eigenvalue weighted by molar-refractivity contribution is 0.457. The molecule has 2 aromatic rings. The van der Waals surface area contributed by atoms with E-state index < -0.39 is 5.54 Å². The summed E-state index contributed by atoms with van der Waals surface area (Å²) < 4.78 is 13.8. The van der Waals surface area contributed by atoms with Crippen molar-refractivity contribution < 1.29 is 4.39 Å². The molecule has 0 bridgehead atoms. The van der Waals surface area contributed by atoms with Crippen molar-refractivity contribution in [2.45, 2.75) is 18.9 Å². The molecule has 1 aromatic heterocycles. The van der Waals surface area contributed by atoms with Gasteiger partial charge in [-0.1, -0.05) is 29.8 Å². The van der Waals surface area contributed by atoms with Gasteiger partial charge in [-0.25, -0.2) is 4.39 Å². The number of nitrogens with zero attached hydrogens (tertiary/aromatic N) is 1.